The molecule has 1 saturated carbocycles. The molecule has 98 valence electrons. The second kappa shape index (κ2) is 5.12. The van der Waals surface area contributed by atoms with Crippen molar-refractivity contribution < 1.29 is 8.78 Å². The van der Waals surface area contributed by atoms with Gasteiger partial charge in [0.15, 0.2) is 0 Å². The summed E-state index contributed by atoms with van der Waals surface area (Å²) in [5, 5.41) is 0. The summed E-state index contributed by atoms with van der Waals surface area (Å²) < 4.78 is 26.4. The van der Waals surface area contributed by atoms with E-state index < -0.39 is 11.6 Å². The van der Waals surface area contributed by atoms with Crippen LogP contribution in [-0.2, 0) is 0 Å². The Morgan fingerprint density at radius 2 is 1.32 bits per heavy atom. The zero-order chi connectivity index (χ0) is 13.2. The molecule has 0 N–H and O–H groups in total. The largest absolute Gasteiger partial charge is 0.207 e. The summed E-state index contributed by atoms with van der Waals surface area (Å²) in [6, 6.07) is 11.7. The second-order valence-corrected chi connectivity index (χ2v) is 5.26. The second-order valence-electron chi connectivity index (χ2n) is 5.26. The molecule has 0 amide bonds. The summed E-state index contributed by atoms with van der Waals surface area (Å²) in [4.78, 5) is 0. The molecule has 19 heavy (non-hydrogen) atoms. The molecule has 0 aliphatic heterocycles. The maximum atomic E-state index is 13.2. The summed E-state index contributed by atoms with van der Waals surface area (Å²) >= 11 is 0. The quantitative estimate of drug-likeness (QED) is 0.686. The van der Waals surface area contributed by atoms with Gasteiger partial charge in [-0.1, -0.05) is 37.1 Å². The van der Waals surface area contributed by atoms with Gasteiger partial charge in [0.1, 0.15) is 11.6 Å². The normalized spacial score (nSPS) is 15.9. The van der Waals surface area contributed by atoms with Crippen molar-refractivity contribution in [3.8, 4) is 11.1 Å². The van der Waals surface area contributed by atoms with Crippen LogP contribution < -0.4 is 0 Å². The average Bonchev–Trinajstić information content (AvgIpc) is 2.91. The van der Waals surface area contributed by atoms with E-state index in [4.69, 9.17) is 0 Å². The van der Waals surface area contributed by atoms with Crippen molar-refractivity contribution in [2.45, 2.75) is 31.6 Å². The molecule has 2 aromatic rings. The molecule has 2 heteroatoms. The molecule has 0 saturated heterocycles. The fraction of sp³-hybridized carbons (Fsp3) is 0.294. The lowest BCUT2D eigenvalue weighted by Gasteiger charge is -2.10. The van der Waals surface area contributed by atoms with Gasteiger partial charge in [-0.3, -0.25) is 0 Å². The van der Waals surface area contributed by atoms with Gasteiger partial charge in [0.2, 0.25) is 0 Å². The SMILES string of the molecule is Fc1cc(F)cc(-c2ccc(C3CCCC3)cc2)c1. The van der Waals surface area contributed by atoms with Crippen LogP contribution in [0.5, 0.6) is 0 Å². The van der Waals surface area contributed by atoms with Gasteiger partial charge in [0.25, 0.3) is 0 Å². The molecule has 1 aliphatic carbocycles. The third kappa shape index (κ3) is 2.67. The lowest BCUT2D eigenvalue weighted by atomic mass is 9.95. The molecule has 2 aromatic carbocycles. The topological polar surface area (TPSA) is 0 Å². The molecule has 0 nitrogen and oxygen atoms in total. The van der Waals surface area contributed by atoms with E-state index in [9.17, 15) is 8.78 Å². The van der Waals surface area contributed by atoms with Gasteiger partial charge >= 0.3 is 0 Å². The first-order valence-electron chi connectivity index (χ1n) is 6.79. The number of hydrogen-bond acceptors (Lipinski definition) is 0. The molecule has 0 unspecified atom stereocenters. The van der Waals surface area contributed by atoms with Crippen LogP contribution in [-0.4, -0.2) is 0 Å². The highest BCUT2D eigenvalue weighted by Crippen LogP contribution is 2.34. The van der Waals surface area contributed by atoms with E-state index in [1.807, 2.05) is 12.1 Å². The van der Waals surface area contributed by atoms with Crippen LogP contribution in [0.3, 0.4) is 0 Å². The molecule has 3 rings (SSSR count). The van der Waals surface area contributed by atoms with Gasteiger partial charge in [0.05, 0.1) is 0 Å². The minimum absolute atomic E-state index is 0.533. The summed E-state index contributed by atoms with van der Waals surface area (Å²) in [6.07, 6.45) is 5.13. The zero-order valence-electron chi connectivity index (χ0n) is 10.7. The molecule has 0 aromatic heterocycles. The van der Waals surface area contributed by atoms with Crippen LogP contribution in [0.15, 0.2) is 42.5 Å². The number of hydrogen-bond donors (Lipinski definition) is 0. The standard InChI is InChI=1S/C17H16F2/c18-16-9-15(10-17(19)11-16)14-7-5-13(6-8-14)12-3-1-2-4-12/h5-12H,1-4H2. The van der Waals surface area contributed by atoms with E-state index in [0.717, 1.165) is 11.6 Å². The van der Waals surface area contributed by atoms with E-state index >= 15 is 0 Å². The van der Waals surface area contributed by atoms with Crippen LogP contribution in [0.25, 0.3) is 11.1 Å². The summed E-state index contributed by atoms with van der Waals surface area (Å²) in [6.45, 7) is 0. The van der Waals surface area contributed by atoms with Crippen molar-refractivity contribution >= 4 is 0 Å². The van der Waals surface area contributed by atoms with Crippen molar-refractivity contribution in [3.63, 3.8) is 0 Å². The fourth-order valence-electron chi connectivity index (χ4n) is 2.93. The van der Waals surface area contributed by atoms with Gasteiger partial charge in [-0.2, -0.15) is 0 Å². The summed E-state index contributed by atoms with van der Waals surface area (Å²) in [5.41, 5.74) is 2.80. The predicted octanol–water partition coefficient (Wildman–Crippen LogP) is 5.29. The zero-order valence-corrected chi connectivity index (χ0v) is 10.7. The number of rotatable bonds is 2. The van der Waals surface area contributed by atoms with Crippen LogP contribution >= 0.6 is 0 Å². The van der Waals surface area contributed by atoms with Crippen molar-refractivity contribution in [2.75, 3.05) is 0 Å². The summed E-state index contributed by atoms with van der Waals surface area (Å²) in [5.74, 6) is -0.400. The Morgan fingerprint density at radius 1 is 0.737 bits per heavy atom. The monoisotopic (exact) mass is 258 g/mol. The Balaban J connectivity index is 1.89. The Morgan fingerprint density at radius 3 is 1.89 bits per heavy atom. The van der Waals surface area contributed by atoms with Crippen LogP contribution in [0.4, 0.5) is 8.78 Å². The maximum Gasteiger partial charge on any atom is 0.126 e. The first-order chi connectivity index (χ1) is 9.22. The smallest absolute Gasteiger partial charge is 0.126 e. The Bertz CT molecular complexity index is 546. The fourth-order valence-corrected chi connectivity index (χ4v) is 2.93. The van der Waals surface area contributed by atoms with Crippen molar-refractivity contribution in [3.05, 3.63) is 59.7 Å². The molecule has 1 fully saturated rings. The van der Waals surface area contributed by atoms with Crippen LogP contribution in [0.2, 0.25) is 0 Å². The lowest BCUT2D eigenvalue weighted by Crippen LogP contribution is -1.92. The minimum atomic E-state index is -0.533. The van der Waals surface area contributed by atoms with E-state index in [1.54, 1.807) is 0 Å². The van der Waals surface area contributed by atoms with E-state index in [-0.39, 0.29) is 0 Å². The van der Waals surface area contributed by atoms with E-state index in [0.29, 0.717) is 11.5 Å². The third-order valence-corrected chi connectivity index (χ3v) is 3.93. The van der Waals surface area contributed by atoms with Gasteiger partial charge in [-0.05, 0) is 47.6 Å². The van der Waals surface area contributed by atoms with Gasteiger partial charge in [0, 0.05) is 6.07 Å². The Kier molecular flexibility index (Phi) is 3.33. The summed E-state index contributed by atoms with van der Waals surface area (Å²) in [7, 11) is 0. The van der Waals surface area contributed by atoms with Crippen LogP contribution in [0, 0.1) is 11.6 Å². The molecular formula is C17H16F2. The van der Waals surface area contributed by atoms with E-state index in [1.165, 1.54) is 43.4 Å². The molecule has 0 heterocycles. The number of benzene rings is 2. The van der Waals surface area contributed by atoms with Gasteiger partial charge in [-0.15, -0.1) is 0 Å². The van der Waals surface area contributed by atoms with Crippen molar-refractivity contribution in [1.29, 1.82) is 0 Å². The van der Waals surface area contributed by atoms with Crippen molar-refractivity contribution in [1.82, 2.24) is 0 Å². The minimum Gasteiger partial charge on any atom is -0.207 e. The molecule has 0 radical (unpaired) electrons. The first kappa shape index (κ1) is 12.3. The average molecular weight is 258 g/mol. The highest BCUT2D eigenvalue weighted by atomic mass is 19.1. The highest BCUT2D eigenvalue weighted by molar-refractivity contribution is 5.63. The van der Waals surface area contributed by atoms with Gasteiger partial charge in [-0.25, -0.2) is 8.78 Å². The number of halogens is 2. The van der Waals surface area contributed by atoms with Crippen molar-refractivity contribution in [2.24, 2.45) is 0 Å². The predicted molar refractivity (Wildman–Crippen MR) is 73.0 cm³/mol. The van der Waals surface area contributed by atoms with Crippen LogP contribution in [0.1, 0.15) is 37.2 Å². The highest BCUT2D eigenvalue weighted by Gasteiger charge is 2.16. The third-order valence-electron chi connectivity index (χ3n) is 3.93. The molecule has 1 aliphatic rings. The molecule has 0 bridgehead atoms. The molecule has 0 atom stereocenters. The van der Waals surface area contributed by atoms with E-state index in [2.05, 4.69) is 12.1 Å². The van der Waals surface area contributed by atoms with Gasteiger partial charge < -0.3 is 0 Å². The maximum absolute atomic E-state index is 13.2. The lowest BCUT2D eigenvalue weighted by molar-refractivity contribution is 0.584. The Labute approximate surface area is 112 Å². The Hall–Kier alpha value is -1.70. The molecule has 0 spiro atoms. The first-order valence-corrected chi connectivity index (χ1v) is 6.79. The molecular weight excluding hydrogens is 242 g/mol.